The van der Waals surface area contributed by atoms with E-state index in [1.165, 1.54) is 18.4 Å². The summed E-state index contributed by atoms with van der Waals surface area (Å²) in [6, 6.07) is 14.2. The van der Waals surface area contributed by atoms with Crippen molar-refractivity contribution in [3.8, 4) is 16.9 Å². The van der Waals surface area contributed by atoms with Crippen LogP contribution in [0.1, 0.15) is 15.9 Å². The van der Waals surface area contributed by atoms with Crippen molar-refractivity contribution < 1.29 is 41.0 Å². The molecule has 3 aromatic carbocycles. The number of nitrogens with one attached hydrogen (secondary N) is 1. The second kappa shape index (κ2) is 11.1. The van der Waals surface area contributed by atoms with Gasteiger partial charge >= 0.3 is 5.97 Å². The topological polar surface area (TPSA) is 123 Å². The lowest BCUT2D eigenvalue weighted by atomic mass is 10.0. The van der Waals surface area contributed by atoms with Crippen molar-refractivity contribution in [3.05, 3.63) is 89.7 Å². The molecule has 0 bridgehead atoms. The van der Waals surface area contributed by atoms with Gasteiger partial charge in [-0.3, -0.25) is 14.9 Å². The summed E-state index contributed by atoms with van der Waals surface area (Å²) < 4.78 is 62.7. The monoisotopic (exact) mass is 543 g/mol. The molecule has 1 atom stereocenters. The Morgan fingerprint density at radius 3 is 2.50 bits per heavy atom. The third-order valence-electron chi connectivity index (χ3n) is 5.69. The second-order valence-corrected chi connectivity index (χ2v) is 10.9. The average Bonchev–Trinajstić information content (AvgIpc) is 3.37. The molecule has 1 aromatic heterocycles. The molecule has 1 unspecified atom stereocenters. The maximum atomic E-state index is 14.0. The molecule has 11 heteroatoms. The van der Waals surface area contributed by atoms with Crippen molar-refractivity contribution in [1.82, 2.24) is 5.32 Å². The first-order valence-electron chi connectivity index (χ1n) is 11.4. The minimum Gasteiger partial charge on any atom is -0.489 e. The van der Waals surface area contributed by atoms with Crippen LogP contribution in [0.3, 0.4) is 0 Å². The van der Waals surface area contributed by atoms with Gasteiger partial charge in [0.1, 0.15) is 27.8 Å². The molecule has 0 radical (unpaired) electrons. The zero-order chi connectivity index (χ0) is 27.4. The molecule has 4 aromatic rings. The van der Waals surface area contributed by atoms with E-state index in [1.807, 2.05) is 0 Å². The van der Waals surface area contributed by atoms with Gasteiger partial charge in [0, 0.05) is 17.4 Å². The normalized spacial score (nSPS) is 12.4. The summed E-state index contributed by atoms with van der Waals surface area (Å²) in [5.41, 5.74) is 2.03. The molecule has 0 amide bonds. The number of carboxylic acid groups (broad SMARTS) is 1. The number of hydrogen-bond donors (Lipinski definition) is 2. The molecular formula is C27H23F2NO7S. The Balaban J connectivity index is 1.47. The van der Waals surface area contributed by atoms with Crippen LogP contribution in [-0.4, -0.2) is 49.9 Å². The highest BCUT2D eigenvalue weighted by molar-refractivity contribution is 7.90. The number of Topliss-reactive ketones (excluding diaryl/α,β-unsaturated/α-hetero) is 1. The first-order valence-corrected chi connectivity index (χ1v) is 13.4. The molecule has 0 aliphatic heterocycles. The number of ether oxygens (including phenoxy) is 1. The lowest BCUT2D eigenvalue weighted by molar-refractivity contribution is -0.136. The quantitative estimate of drug-likeness (QED) is 0.270. The van der Waals surface area contributed by atoms with E-state index in [1.54, 1.807) is 42.5 Å². The standard InChI is InChI=1S/C27H23F2NO7S/c1-38(34,35)15-23(30-13-24(31)32)26(33)18-4-2-3-16(11-18)14-37-19-7-5-17(6-8-19)21-12-22(28)25(29)20-9-10-36-27(20)21/h2-12,23,30H,13-15H2,1H3,(H,31,32). The molecule has 8 nitrogen and oxygen atoms in total. The van der Waals surface area contributed by atoms with Gasteiger partial charge < -0.3 is 14.3 Å². The third-order valence-corrected chi connectivity index (χ3v) is 6.63. The molecule has 0 fully saturated rings. The summed E-state index contributed by atoms with van der Waals surface area (Å²) >= 11 is 0. The summed E-state index contributed by atoms with van der Waals surface area (Å²) in [6.07, 6.45) is 2.26. The summed E-state index contributed by atoms with van der Waals surface area (Å²) in [5, 5.41) is 11.4. The first kappa shape index (κ1) is 27.0. The average molecular weight is 544 g/mol. The summed E-state index contributed by atoms with van der Waals surface area (Å²) in [6.45, 7) is -0.492. The van der Waals surface area contributed by atoms with Crippen LogP contribution in [0.4, 0.5) is 8.78 Å². The maximum Gasteiger partial charge on any atom is 0.317 e. The Morgan fingerprint density at radius 2 is 1.82 bits per heavy atom. The maximum absolute atomic E-state index is 14.0. The van der Waals surface area contributed by atoms with Crippen LogP contribution >= 0.6 is 0 Å². The summed E-state index contributed by atoms with van der Waals surface area (Å²) in [7, 11) is -3.56. The van der Waals surface area contributed by atoms with Crippen molar-refractivity contribution in [2.45, 2.75) is 12.6 Å². The predicted molar refractivity (Wildman–Crippen MR) is 136 cm³/mol. The van der Waals surface area contributed by atoms with Gasteiger partial charge in [-0.05, 0) is 41.5 Å². The minimum absolute atomic E-state index is 0.0479. The predicted octanol–water partition coefficient (Wildman–Crippen LogP) is 4.23. The van der Waals surface area contributed by atoms with Crippen molar-refractivity contribution in [3.63, 3.8) is 0 Å². The number of carbonyl (C=O) groups excluding carboxylic acids is 1. The number of aliphatic carboxylic acids is 1. The fraction of sp³-hybridized carbons (Fsp3) is 0.185. The Labute approximate surface area is 216 Å². The number of carboxylic acids is 1. The Kier molecular flexibility index (Phi) is 7.88. The zero-order valence-electron chi connectivity index (χ0n) is 20.1. The molecule has 2 N–H and O–H groups in total. The van der Waals surface area contributed by atoms with E-state index in [2.05, 4.69) is 5.32 Å². The van der Waals surface area contributed by atoms with Gasteiger partial charge in [0.15, 0.2) is 17.4 Å². The fourth-order valence-corrected chi connectivity index (χ4v) is 4.82. The number of halogens is 2. The van der Waals surface area contributed by atoms with Gasteiger partial charge in [-0.2, -0.15) is 0 Å². The Bertz CT molecular complexity index is 1600. The Morgan fingerprint density at radius 1 is 1.08 bits per heavy atom. The van der Waals surface area contributed by atoms with Crippen molar-refractivity contribution in [2.24, 2.45) is 0 Å². The zero-order valence-corrected chi connectivity index (χ0v) is 20.9. The molecule has 4 rings (SSSR count). The molecule has 0 spiro atoms. The van der Waals surface area contributed by atoms with Gasteiger partial charge in [0.2, 0.25) is 0 Å². The second-order valence-electron chi connectivity index (χ2n) is 8.68. The molecule has 0 aliphatic rings. The van der Waals surface area contributed by atoms with Crippen molar-refractivity contribution in [1.29, 1.82) is 0 Å². The SMILES string of the molecule is CS(=O)(=O)CC(NCC(=O)O)C(=O)c1cccc(COc2ccc(-c3cc(F)c(F)c4ccoc34)cc2)c1. The molecule has 0 saturated carbocycles. The van der Waals surface area contributed by atoms with Crippen molar-refractivity contribution in [2.75, 3.05) is 18.6 Å². The van der Waals surface area contributed by atoms with E-state index in [-0.39, 0.29) is 23.1 Å². The number of carbonyl (C=O) groups is 2. The van der Waals surface area contributed by atoms with E-state index < -0.39 is 51.6 Å². The number of furan rings is 1. The van der Waals surface area contributed by atoms with Crippen LogP contribution in [-0.2, 0) is 21.2 Å². The molecule has 1 heterocycles. The number of sulfone groups is 1. The lowest BCUT2D eigenvalue weighted by Crippen LogP contribution is -2.44. The van der Waals surface area contributed by atoms with Gasteiger partial charge in [-0.1, -0.05) is 30.3 Å². The van der Waals surface area contributed by atoms with Crippen LogP contribution in [0.25, 0.3) is 22.1 Å². The van der Waals surface area contributed by atoms with E-state index >= 15 is 0 Å². The summed E-state index contributed by atoms with van der Waals surface area (Å²) in [4.78, 5) is 23.8. The number of benzene rings is 3. The number of ketones is 1. The minimum atomic E-state index is -3.56. The molecule has 0 saturated heterocycles. The van der Waals surface area contributed by atoms with E-state index in [0.717, 1.165) is 12.3 Å². The summed E-state index contributed by atoms with van der Waals surface area (Å²) in [5.74, 6) is -3.81. The molecule has 198 valence electrons. The van der Waals surface area contributed by atoms with Gasteiger partial charge in [0.25, 0.3) is 0 Å². The smallest absolute Gasteiger partial charge is 0.317 e. The molecule has 0 aliphatic carbocycles. The lowest BCUT2D eigenvalue weighted by Gasteiger charge is -2.16. The third kappa shape index (κ3) is 6.42. The highest BCUT2D eigenvalue weighted by atomic mass is 32.2. The van der Waals surface area contributed by atoms with Crippen LogP contribution < -0.4 is 10.1 Å². The number of rotatable bonds is 11. The molecular weight excluding hydrogens is 520 g/mol. The Hall–Kier alpha value is -4.09. The highest BCUT2D eigenvalue weighted by Crippen LogP contribution is 2.33. The van der Waals surface area contributed by atoms with Crippen LogP contribution in [0, 0.1) is 11.6 Å². The van der Waals surface area contributed by atoms with Crippen molar-refractivity contribution >= 4 is 32.6 Å². The molecule has 38 heavy (non-hydrogen) atoms. The fourth-order valence-electron chi connectivity index (χ4n) is 3.94. The van der Waals surface area contributed by atoms with E-state index in [0.29, 0.717) is 22.4 Å². The first-order chi connectivity index (χ1) is 18.0. The number of fused-ring (bicyclic) bond motifs is 1. The highest BCUT2D eigenvalue weighted by Gasteiger charge is 2.25. The number of hydrogen-bond acceptors (Lipinski definition) is 7. The largest absolute Gasteiger partial charge is 0.489 e. The van der Waals surface area contributed by atoms with Gasteiger partial charge in [0.05, 0.1) is 30.0 Å². The van der Waals surface area contributed by atoms with E-state index in [9.17, 15) is 26.8 Å². The van der Waals surface area contributed by atoms with Gasteiger partial charge in [-0.15, -0.1) is 0 Å². The van der Waals surface area contributed by atoms with Crippen LogP contribution in [0.5, 0.6) is 5.75 Å². The van der Waals surface area contributed by atoms with Crippen LogP contribution in [0.15, 0.2) is 71.3 Å². The van der Waals surface area contributed by atoms with Crippen LogP contribution in [0.2, 0.25) is 0 Å². The van der Waals surface area contributed by atoms with E-state index in [4.69, 9.17) is 14.3 Å². The van der Waals surface area contributed by atoms with Gasteiger partial charge in [-0.25, -0.2) is 17.2 Å².